The normalized spacial score (nSPS) is 11.7. The lowest BCUT2D eigenvalue weighted by atomic mass is 10.0. The molecule has 21 heavy (non-hydrogen) atoms. The van der Waals surface area contributed by atoms with Crippen LogP contribution in [0.3, 0.4) is 0 Å². The van der Waals surface area contributed by atoms with E-state index in [2.05, 4.69) is 0 Å². The quantitative estimate of drug-likeness (QED) is 0.919. The monoisotopic (exact) mass is 323 g/mol. The Hall–Kier alpha value is -1.82. The highest BCUT2D eigenvalue weighted by Crippen LogP contribution is 2.32. The van der Waals surface area contributed by atoms with Crippen LogP contribution in [0.25, 0.3) is 11.1 Å². The summed E-state index contributed by atoms with van der Waals surface area (Å²) in [6, 6.07) is 13.8. The van der Waals surface area contributed by atoms with Crippen molar-refractivity contribution in [1.29, 1.82) is 0 Å². The third-order valence-corrected chi connectivity index (χ3v) is 3.88. The van der Waals surface area contributed by atoms with Crippen molar-refractivity contribution in [3.63, 3.8) is 0 Å². The first-order chi connectivity index (χ1) is 10.0. The van der Waals surface area contributed by atoms with E-state index in [0.717, 1.165) is 5.56 Å². The average molecular weight is 324 g/mol. The average Bonchev–Trinajstić information content (AvgIpc) is 2.47. The summed E-state index contributed by atoms with van der Waals surface area (Å²) in [7, 11) is -3.77. The second-order valence-electron chi connectivity index (χ2n) is 4.24. The molecule has 2 aromatic carbocycles. The molecule has 6 heteroatoms. The second-order valence-corrected chi connectivity index (χ2v) is 6.06. The summed E-state index contributed by atoms with van der Waals surface area (Å²) in [6.45, 7) is 0.290. The third kappa shape index (κ3) is 4.07. The molecule has 2 rings (SSSR count). The summed E-state index contributed by atoms with van der Waals surface area (Å²) in [5, 5.41) is 5.18. The van der Waals surface area contributed by atoms with Gasteiger partial charge >= 0.3 is 0 Å². The molecule has 0 unspecified atom stereocenters. The molecule has 110 valence electrons. The maximum atomic E-state index is 11.5. The molecule has 0 aromatic heterocycles. The number of sulfonamides is 1. The first-order valence-electron chi connectivity index (χ1n) is 6.12. The van der Waals surface area contributed by atoms with E-state index in [1.54, 1.807) is 12.1 Å². The van der Waals surface area contributed by atoms with Crippen molar-refractivity contribution in [2.24, 2.45) is 5.14 Å². The molecule has 0 saturated heterocycles. The number of hydrogen-bond donors (Lipinski definition) is 1. The van der Waals surface area contributed by atoms with Crippen molar-refractivity contribution in [2.45, 2.75) is 4.90 Å². The van der Waals surface area contributed by atoms with Crippen LogP contribution in [-0.4, -0.2) is 15.0 Å². The minimum Gasteiger partial charge on any atom is -0.489 e. The Kier molecular flexibility index (Phi) is 5.01. The standard InChI is InChI=1S/C15H14ClNO3S/c16-9-4-10-20-15-8-7-13(21(17,18)19)11-14(15)12-5-2-1-3-6-12/h1-9,11H,10H2,(H2,17,18,19)/b9-4+. The van der Waals surface area contributed by atoms with Crippen LogP contribution in [-0.2, 0) is 10.0 Å². The molecule has 0 aliphatic rings. The Labute approximate surface area is 128 Å². The fourth-order valence-electron chi connectivity index (χ4n) is 1.83. The predicted octanol–water partition coefficient (Wildman–Crippen LogP) is 3.13. The SMILES string of the molecule is NS(=O)(=O)c1ccc(OC/C=C/Cl)c(-c2ccccc2)c1. The lowest BCUT2D eigenvalue weighted by Crippen LogP contribution is -2.12. The van der Waals surface area contributed by atoms with Crippen LogP contribution in [0.2, 0.25) is 0 Å². The number of primary sulfonamides is 1. The van der Waals surface area contributed by atoms with Gasteiger partial charge in [-0.25, -0.2) is 13.6 Å². The van der Waals surface area contributed by atoms with Gasteiger partial charge in [0, 0.05) is 11.1 Å². The van der Waals surface area contributed by atoms with Crippen LogP contribution in [0.1, 0.15) is 0 Å². The number of nitrogens with two attached hydrogens (primary N) is 1. The van der Waals surface area contributed by atoms with E-state index in [9.17, 15) is 8.42 Å². The number of rotatable bonds is 5. The fraction of sp³-hybridized carbons (Fsp3) is 0.0667. The Morgan fingerprint density at radius 2 is 1.86 bits per heavy atom. The van der Waals surface area contributed by atoms with Crippen molar-refractivity contribution < 1.29 is 13.2 Å². The second kappa shape index (κ2) is 6.76. The lowest BCUT2D eigenvalue weighted by molar-refractivity contribution is 0.364. The zero-order valence-corrected chi connectivity index (χ0v) is 12.6. The number of ether oxygens (including phenoxy) is 1. The molecule has 2 aromatic rings. The van der Waals surface area contributed by atoms with E-state index in [1.165, 1.54) is 17.7 Å². The molecule has 0 saturated carbocycles. The zero-order valence-electron chi connectivity index (χ0n) is 11.1. The molecular weight excluding hydrogens is 310 g/mol. The lowest BCUT2D eigenvalue weighted by Gasteiger charge is -2.12. The Morgan fingerprint density at radius 1 is 1.14 bits per heavy atom. The maximum Gasteiger partial charge on any atom is 0.238 e. The van der Waals surface area contributed by atoms with Gasteiger partial charge in [0.2, 0.25) is 10.0 Å². The third-order valence-electron chi connectivity index (χ3n) is 2.79. The Bertz CT molecular complexity index is 743. The molecule has 0 aliphatic heterocycles. The number of benzene rings is 2. The van der Waals surface area contributed by atoms with E-state index >= 15 is 0 Å². The van der Waals surface area contributed by atoms with E-state index < -0.39 is 10.0 Å². The van der Waals surface area contributed by atoms with Gasteiger partial charge in [-0.2, -0.15) is 0 Å². The van der Waals surface area contributed by atoms with Crippen molar-refractivity contribution in [1.82, 2.24) is 0 Å². The molecule has 0 atom stereocenters. The first-order valence-corrected chi connectivity index (χ1v) is 8.11. The first kappa shape index (κ1) is 15.6. The van der Waals surface area contributed by atoms with E-state index in [-0.39, 0.29) is 11.5 Å². The van der Waals surface area contributed by atoms with Gasteiger partial charge in [0.15, 0.2) is 0 Å². The molecule has 0 heterocycles. The highest BCUT2D eigenvalue weighted by molar-refractivity contribution is 7.89. The van der Waals surface area contributed by atoms with Gasteiger partial charge in [-0.1, -0.05) is 41.9 Å². The molecule has 2 N–H and O–H groups in total. The van der Waals surface area contributed by atoms with Gasteiger partial charge < -0.3 is 4.74 Å². The van der Waals surface area contributed by atoms with Gasteiger partial charge in [0.1, 0.15) is 12.4 Å². The van der Waals surface area contributed by atoms with Crippen LogP contribution >= 0.6 is 11.6 Å². The van der Waals surface area contributed by atoms with Crippen molar-refractivity contribution in [2.75, 3.05) is 6.61 Å². The number of halogens is 1. The fourth-order valence-corrected chi connectivity index (χ4v) is 2.44. The van der Waals surface area contributed by atoms with Gasteiger partial charge in [-0.15, -0.1) is 0 Å². The topological polar surface area (TPSA) is 69.4 Å². The summed E-state index contributed by atoms with van der Waals surface area (Å²) in [4.78, 5) is 0.0431. The van der Waals surface area contributed by atoms with E-state index in [0.29, 0.717) is 11.3 Å². The van der Waals surface area contributed by atoms with Gasteiger partial charge in [-0.3, -0.25) is 0 Å². The molecule has 4 nitrogen and oxygen atoms in total. The van der Waals surface area contributed by atoms with Crippen LogP contribution in [0, 0.1) is 0 Å². The van der Waals surface area contributed by atoms with Crippen LogP contribution in [0.4, 0.5) is 0 Å². The van der Waals surface area contributed by atoms with Crippen molar-refractivity contribution >= 4 is 21.6 Å². The molecule has 0 radical (unpaired) electrons. The minimum atomic E-state index is -3.77. The summed E-state index contributed by atoms with van der Waals surface area (Å²) < 4.78 is 28.6. The van der Waals surface area contributed by atoms with E-state index in [4.69, 9.17) is 21.5 Å². The molecular formula is C15H14ClNO3S. The van der Waals surface area contributed by atoms with E-state index in [1.807, 2.05) is 30.3 Å². The largest absolute Gasteiger partial charge is 0.489 e. The highest BCUT2D eigenvalue weighted by atomic mass is 35.5. The van der Waals surface area contributed by atoms with Gasteiger partial charge in [0.05, 0.1) is 4.90 Å². The number of hydrogen-bond acceptors (Lipinski definition) is 3. The smallest absolute Gasteiger partial charge is 0.238 e. The minimum absolute atomic E-state index is 0.0431. The van der Waals surface area contributed by atoms with Crippen molar-refractivity contribution in [3.05, 3.63) is 60.1 Å². The molecule has 0 fully saturated rings. The maximum absolute atomic E-state index is 11.5. The summed E-state index contributed by atoms with van der Waals surface area (Å²) in [5.41, 5.74) is 2.86. The molecule has 0 bridgehead atoms. The molecule has 0 spiro atoms. The Balaban J connectivity index is 2.50. The van der Waals surface area contributed by atoms with Gasteiger partial charge in [-0.05, 0) is 29.8 Å². The van der Waals surface area contributed by atoms with Crippen LogP contribution in [0.5, 0.6) is 5.75 Å². The summed E-state index contributed by atoms with van der Waals surface area (Å²) in [6.07, 6.45) is 1.64. The molecule has 0 aliphatic carbocycles. The summed E-state index contributed by atoms with van der Waals surface area (Å²) in [5.74, 6) is 0.559. The predicted molar refractivity (Wildman–Crippen MR) is 83.7 cm³/mol. The summed E-state index contributed by atoms with van der Waals surface area (Å²) >= 11 is 5.45. The molecule has 0 amide bonds. The Morgan fingerprint density at radius 3 is 2.48 bits per heavy atom. The zero-order chi connectivity index (χ0) is 15.3. The highest BCUT2D eigenvalue weighted by Gasteiger charge is 2.13. The van der Waals surface area contributed by atoms with Gasteiger partial charge in [0.25, 0.3) is 0 Å². The van der Waals surface area contributed by atoms with Crippen LogP contribution in [0.15, 0.2) is 65.0 Å². The van der Waals surface area contributed by atoms with Crippen molar-refractivity contribution in [3.8, 4) is 16.9 Å². The van der Waals surface area contributed by atoms with Crippen LogP contribution < -0.4 is 9.88 Å².